The SMILES string of the molecule is CCCNc1ncnc(NC2CCC(C)C2)c1Br. The topological polar surface area (TPSA) is 49.8 Å². The molecular formula is C13H21BrN4. The maximum absolute atomic E-state index is 4.33. The van der Waals surface area contributed by atoms with Crippen LogP contribution in [-0.4, -0.2) is 22.6 Å². The van der Waals surface area contributed by atoms with Crippen LogP contribution in [0, 0.1) is 5.92 Å². The van der Waals surface area contributed by atoms with Gasteiger partial charge in [0, 0.05) is 12.6 Å². The molecule has 4 nitrogen and oxygen atoms in total. The van der Waals surface area contributed by atoms with E-state index >= 15 is 0 Å². The van der Waals surface area contributed by atoms with Crippen molar-refractivity contribution in [2.75, 3.05) is 17.2 Å². The van der Waals surface area contributed by atoms with Crippen molar-refractivity contribution in [1.82, 2.24) is 9.97 Å². The fourth-order valence-electron chi connectivity index (χ4n) is 2.37. The van der Waals surface area contributed by atoms with Gasteiger partial charge in [-0.15, -0.1) is 0 Å². The Balaban J connectivity index is 2.03. The average Bonchev–Trinajstić information content (AvgIpc) is 2.76. The van der Waals surface area contributed by atoms with Crippen LogP contribution in [0.4, 0.5) is 11.6 Å². The average molecular weight is 313 g/mol. The van der Waals surface area contributed by atoms with Gasteiger partial charge < -0.3 is 10.6 Å². The lowest BCUT2D eigenvalue weighted by Gasteiger charge is -2.16. The molecule has 1 heterocycles. The minimum atomic E-state index is 0.547. The van der Waals surface area contributed by atoms with Crippen molar-refractivity contribution in [3.05, 3.63) is 10.8 Å². The van der Waals surface area contributed by atoms with E-state index in [2.05, 4.69) is 50.4 Å². The van der Waals surface area contributed by atoms with Crippen LogP contribution in [0.2, 0.25) is 0 Å². The first-order valence-electron chi connectivity index (χ1n) is 6.71. The van der Waals surface area contributed by atoms with Crippen molar-refractivity contribution in [3.63, 3.8) is 0 Å². The number of hydrogen-bond donors (Lipinski definition) is 2. The molecule has 2 atom stereocenters. The summed E-state index contributed by atoms with van der Waals surface area (Å²) in [6, 6.07) is 0.547. The van der Waals surface area contributed by atoms with Crippen molar-refractivity contribution >= 4 is 27.6 Å². The Bertz CT molecular complexity index is 397. The summed E-state index contributed by atoms with van der Waals surface area (Å²) < 4.78 is 0.943. The third-order valence-corrected chi connectivity index (χ3v) is 4.12. The molecule has 0 radical (unpaired) electrons. The van der Waals surface area contributed by atoms with E-state index in [1.807, 2.05) is 0 Å². The van der Waals surface area contributed by atoms with Crippen LogP contribution in [-0.2, 0) is 0 Å². The van der Waals surface area contributed by atoms with Crippen molar-refractivity contribution in [1.29, 1.82) is 0 Å². The highest BCUT2D eigenvalue weighted by atomic mass is 79.9. The van der Waals surface area contributed by atoms with E-state index in [-0.39, 0.29) is 0 Å². The molecule has 1 aliphatic carbocycles. The molecule has 1 fully saturated rings. The summed E-state index contributed by atoms with van der Waals surface area (Å²) in [7, 11) is 0. The van der Waals surface area contributed by atoms with Crippen molar-refractivity contribution in [2.24, 2.45) is 5.92 Å². The molecule has 1 aromatic heterocycles. The zero-order valence-corrected chi connectivity index (χ0v) is 12.6. The zero-order valence-electron chi connectivity index (χ0n) is 11.0. The van der Waals surface area contributed by atoms with Gasteiger partial charge in [0.25, 0.3) is 0 Å². The molecular weight excluding hydrogens is 292 g/mol. The lowest BCUT2D eigenvalue weighted by Crippen LogP contribution is -2.17. The van der Waals surface area contributed by atoms with E-state index in [1.54, 1.807) is 6.33 Å². The van der Waals surface area contributed by atoms with Gasteiger partial charge in [0.1, 0.15) is 22.4 Å². The first kappa shape index (κ1) is 13.6. The van der Waals surface area contributed by atoms with Gasteiger partial charge in [-0.05, 0) is 47.5 Å². The quantitative estimate of drug-likeness (QED) is 0.871. The summed E-state index contributed by atoms with van der Waals surface area (Å²) in [6.45, 7) is 5.38. The molecule has 5 heteroatoms. The molecule has 100 valence electrons. The van der Waals surface area contributed by atoms with Crippen LogP contribution in [0.15, 0.2) is 10.8 Å². The highest BCUT2D eigenvalue weighted by Gasteiger charge is 2.22. The molecule has 2 rings (SSSR count). The molecule has 0 saturated heterocycles. The van der Waals surface area contributed by atoms with Gasteiger partial charge in [-0.1, -0.05) is 13.8 Å². The number of nitrogens with one attached hydrogen (secondary N) is 2. The number of aromatic nitrogens is 2. The van der Waals surface area contributed by atoms with Crippen molar-refractivity contribution < 1.29 is 0 Å². The Kier molecular flexibility index (Phi) is 4.80. The maximum Gasteiger partial charge on any atom is 0.146 e. The molecule has 0 aromatic carbocycles. The second kappa shape index (κ2) is 6.36. The highest BCUT2D eigenvalue weighted by molar-refractivity contribution is 9.10. The predicted octanol–water partition coefficient (Wildman–Crippen LogP) is 3.66. The van der Waals surface area contributed by atoms with Gasteiger partial charge >= 0.3 is 0 Å². The lowest BCUT2D eigenvalue weighted by atomic mass is 10.1. The molecule has 0 aliphatic heterocycles. The minimum Gasteiger partial charge on any atom is -0.369 e. The van der Waals surface area contributed by atoms with Crippen LogP contribution in [0.1, 0.15) is 39.5 Å². The molecule has 0 amide bonds. The Morgan fingerprint density at radius 1 is 1.33 bits per heavy atom. The second-order valence-corrected chi connectivity index (χ2v) is 5.86. The molecule has 0 spiro atoms. The Morgan fingerprint density at radius 3 is 2.78 bits per heavy atom. The first-order valence-corrected chi connectivity index (χ1v) is 7.51. The second-order valence-electron chi connectivity index (χ2n) is 5.07. The largest absolute Gasteiger partial charge is 0.369 e. The van der Waals surface area contributed by atoms with E-state index in [9.17, 15) is 0 Å². The van der Waals surface area contributed by atoms with E-state index in [0.29, 0.717) is 6.04 Å². The van der Waals surface area contributed by atoms with Crippen LogP contribution < -0.4 is 10.6 Å². The van der Waals surface area contributed by atoms with E-state index in [4.69, 9.17) is 0 Å². The van der Waals surface area contributed by atoms with Crippen molar-refractivity contribution in [2.45, 2.75) is 45.6 Å². The molecule has 1 saturated carbocycles. The predicted molar refractivity (Wildman–Crippen MR) is 78.9 cm³/mol. The fourth-order valence-corrected chi connectivity index (χ4v) is 2.83. The number of nitrogens with zero attached hydrogens (tertiary/aromatic N) is 2. The first-order chi connectivity index (χ1) is 8.70. The number of anilines is 2. The van der Waals surface area contributed by atoms with Gasteiger partial charge in [-0.2, -0.15) is 0 Å². The molecule has 1 aliphatic rings. The molecule has 0 bridgehead atoms. The zero-order chi connectivity index (χ0) is 13.0. The fraction of sp³-hybridized carbons (Fsp3) is 0.692. The van der Waals surface area contributed by atoms with Crippen LogP contribution in [0.3, 0.4) is 0 Å². The van der Waals surface area contributed by atoms with Gasteiger partial charge in [-0.3, -0.25) is 0 Å². The van der Waals surface area contributed by atoms with Crippen LogP contribution in [0.5, 0.6) is 0 Å². The normalized spacial score (nSPS) is 23.1. The van der Waals surface area contributed by atoms with E-state index < -0.39 is 0 Å². The van der Waals surface area contributed by atoms with Crippen LogP contribution >= 0.6 is 15.9 Å². The third kappa shape index (κ3) is 3.34. The summed E-state index contributed by atoms with van der Waals surface area (Å²) >= 11 is 3.58. The number of hydrogen-bond acceptors (Lipinski definition) is 4. The van der Waals surface area contributed by atoms with Gasteiger partial charge in [0.05, 0.1) is 0 Å². The molecule has 18 heavy (non-hydrogen) atoms. The summed E-state index contributed by atoms with van der Waals surface area (Å²) in [6.07, 6.45) is 6.47. The van der Waals surface area contributed by atoms with Gasteiger partial charge in [0.15, 0.2) is 0 Å². The smallest absolute Gasteiger partial charge is 0.146 e. The summed E-state index contributed by atoms with van der Waals surface area (Å²) in [5.41, 5.74) is 0. The summed E-state index contributed by atoms with van der Waals surface area (Å²) in [4.78, 5) is 8.58. The highest BCUT2D eigenvalue weighted by Crippen LogP contribution is 2.31. The molecule has 2 unspecified atom stereocenters. The summed E-state index contributed by atoms with van der Waals surface area (Å²) in [5, 5.41) is 6.82. The van der Waals surface area contributed by atoms with Gasteiger partial charge in [0.2, 0.25) is 0 Å². The standard InChI is InChI=1S/C13H21BrN4/c1-3-6-15-12-11(14)13(17-8-16-12)18-10-5-4-9(2)7-10/h8-10H,3-7H2,1-2H3,(H2,15,16,17,18). The Labute approximate surface area is 117 Å². The maximum atomic E-state index is 4.33. The van der Waals surface area contributed by atoms with Crippen LogP contribution in [0.25, 0.3) is 0 Å². The summed E-state index contributed by atoms with van der Waals surface area (Å²) in [5.74, 6) is 2.60. The van der Waals surface area contributed by atoms with Crippen molar-refractivity contribution in [3.8, 4) is 0 Å². The Morgan fingerprint density at radius 2 is 2.11 bits per heavy atom. The number of halogens is 1. The van der Waals surface area contributed by atoms with Gasteiger partial charge in [-0.25, -0.2) is 9.97 Å². The molecule has 2 N–H and O–H groups in total. The minimum absolute atomic E-state index is 0.547. The number of rotatable bonds is 5. The Hall–Kier alpha value is -0.840. The monoisotopic (exact) mass is 312 g/mol. The van der Waals surface area contributed by atoms with E-state index in [0.717, 1.165) is 35.0 Å². The third-order valence-electron chi connectivity index (χ3n) is 3.37. The lowest BCUT2D eigenvalue weighted by molar-refractivity contribution is 0.602. The van der Waals surface area contributed by atoms with E-state index in [1.165, 1.54) is 19.3 Å². The molecule has 1 aromatic rings.